The highest BCUT2D eigenvalue weighted by Crippen LogP contribution is 2.40. The van der Waals surface area contributed by atoms with Gasteiger partial charge in [0, 0.05) is 6.54 Å². The van der Waals surface area contributed by atoms with Crippen LogP contribution in [0.15, 0.2) is 24.3 Å². The molecule has 0 heterocycles. The Hall–Kier alpha value is -0.860. The summed E-state index contributed by atoms with van der Waals surface area (Å²) in [6.07, 6.45) is 3.87. The minimum Gasteiger partial charge on any atom is -0.384 e. The first-order chi connectivity index (χ1) is 7.65. The van der Waals surface area contributed by atoms with E-state index in [4.69, 9.17) is 0 Å². The molecule has 2 heteroatoms. The van der Waals surface area contributed by atoms with Crippen molar-refractivity contribution in [2.24, 2.45) is 0 Å². The maximum Gasteiger partial charge on any atom is 0.0994 e. The molecule has 0 spiro atoms. The van der Waals surface area contributed by atoms with E-state index in [1.165, 1.54) is 24.8 Å². The van der Waals surface area contributed by atoms with E-state index in [0.29, 0.717) is 12.5 Å². The van der Waals surface area contributed by atoms with Gasteiger partial charge >= 0.3 is 0 Å². The third-order valence-corrected chi connectivity index (χ3v) is 3.61. The Morgan fingerprint density at radius 3 is 2.62 bits per heavy atom. The highest BCUT2D eigenvalue weighted by Gasteiger charge is 2.29. The minimum absolute atomic E-state index is 0.594. The Morgan fingerprint density at radius 1 is 1.38 bits per heavy atom. The molecule has 1 fully saturated rings. The van der Waals surface area contributed by atoms with E-state index < -0.39 is 5.60 Å². The van der Waals surface area contributed by atoms with E-state index in [1.54, 1.807) is 0 Å². The largest absolute Gasteiger partial charge is 0.384 e. The van der Waals surface area contributed by atoms with Gasteiger partial charge in [-0.15, -0.1) is 0 Å². The van der Waals surface area contributed by atoms with Crippen LogP contribution in [-0.4, -0.2) is 18.7 Å². The summed E-state index contributed by atoms with van der Waals surface area (Å²) in [6, 6.07) is 8.32. The van der Waals surface area contributed by atoms with E-state index in [1.807, 2.05) is 20.0 Å². The van der Waals surface area contributed by atoms with E-state index in [9.17, 15) is 5.11 Å². The van der Waals surface area contributed by atoms with Crippen LogP contribution >= 0.6 is 0 Å². The molecule has 0 amide bonds. The van der Waals surface area contributed by atoms with Crippen LogP contribution in [0.25, 0.3) is 0 Å². The number of hydrogen-bond donors (Lipinski definition) is 2. The molecule has 16 heavy (non-hydrogen) atoms. The van der Waals surface area contributed by atoms with Gasteiger partial charge in [0.2, 0.25) is 0 Å². The van der Waals surface area contributed by atoms with Gasteiger partial charge in [0.25, 0.3) is 0 Å². The van der Waals surface area contributed by atoms with Crippen molar-refractivity contribution in [1.29, 1.82) is 0 Å². The fourth-order valence-electron chi connectivity index (χ4n) is 2.50. The van der Waals surface area contributed by atoms with Gasteiger partial charge in [-0.3, -0.25) is 0 Å². The van der Waals surface area contributed by atoms with Gasteiger partial charge in [0.15, 0.2) is 0 Å². The molecule has 0 bridgehead atoms. The van der Waals surface area contributed by atoms with Crippen LogP contribution in [0.2, 0.25) is 0 Å². The monoisotopic (exact) mass is 219 g/mol. The third kappa shape index (κ3) is 2.13. The average molecular weight is 219 g/mol. The second kappa shape index (κ2) is 4.56. The Bertz CT molecular complexity index is 356. The molecule has 0 aromatic heterocycles. The zero-order chi connectivity index (χ0) is 11.6. The first kappa shape index (κ1) is 11.6. The Kier molecular flexibility index (Phi) is 3.31. The number of benzene rings is 1. The second-order valence-corrected chi connectivity index (χ2v) is 5.02. The molecule has 1 saturated carbocycles. The number of likely N-dealkylation sites (N-methyl/N-ethyl adjacent to an activating group) is 1. The molecule has 0 saturated heterocycles. The molecule has 0 aliphatic heterocycles. The molecule has 1 aromatic carbocycles. The maximum atomic E-state index is 10.5. The highest BCUT2D eigenvalue weighted by atomic mass is 16.3. The van der Waals surface area contributed by atoms with E-state index in [-0.39, 0.29) is 0 Å². The van der Waals surface area contributed by atoms with Gasteiger partial charge in [-0.1, -0.05) is 30.7 Å². The molecule has 1 aromatic rings. The van der Waals surface area contributed by atoms with Crippen molar-refractivity contribution in [3.05, 3.63) is 35.4 Å². The molecular weight excluding hydrogens is 198 g/mol. The molecule has 2 N–H and O–H groups in total. The van der Waals surface area contributed by atoms with Crippen LogP contribution in [0.4, 0.5) is 0 Å². The zero-order valence-corrected chi connectivity index (χ0v) is 10.2. The predicted octanol–water partition coefficient (Wildman–Crippen LogP) is 2.38. The average Bonchev–Trinajstić information content (AvgIpc) is 2.15. The summed E-state index contributed by atoms with van der Waals surface area (Å²) in [7, 11) is 1.88. The topological polar surface area (TPSA) is 32.3 Å². The summed E-state index contributed by atoms with van der Waals surface area (Å²) in [5.41, 5.74) is 1.67. The van der Waals surface area contributed by atoms with Crippen LogP contribution < -0.4 is 5.32 Å². The first-order valence-corrected chi connectivity index (χ1v) is 6.11. The van der Waals surface area contributed by atoms with Crippen molar-refractivity contribution in [1.82, 2.24) is 5.32 Å². The number of rotatable bonds is 4. The minimum atomic E-state index is -0.763. The van der Waals surface area contributed by atoms with E-state index in [2.05, 4.69) is 23.5 Å². The van der Waals surface area contributed by atoms with Gasteiger partial charge in [-0.05, 0) is 43.9 Å². The highest BCUT2D eigenvalue weighted by molar-refractivity contribution is 5.36. The quantitative estimate of drug-likeness (QED) is 0.815. The molecule has 88 valence electrons. The standard InChI is InChI=1S/C14H21NO/c1-14(16,10-15-2)13-9-4-3-8-12(13)11-6-5-7-11/h3-4,8-9,11,15-16H,5-7,10H2,1-2H3. The van der Waals surface area contributed by atoms with Crippen molar-refractivity contribution < 1.29 is 5.11 Å². The molecule has 1 aliphatic rings. The van der Waals surface area contributed by atoms with Crippen LogP contribution in [0.5, 0.6) is 0 Å². The molecule has 2 nitrogen and oxygen atoms in total. The zero-order valence-electron chi connectivity index (χ0n) is 10.2. The van der Waals surface area contributed by atoms with Gasteiger partial charge in [-0.25, -0.2) is 0 Å². The lowest BCUT2D eigenvalue weighted by atomic mass is 9.75. The lowest BCUT2D eigenvalue weighted by Crippen LogP contribution is -2.35. The van der Waals surface area contributed by atoms with Crippen molar-refractivity contribution >= 4 is 0 Å². The molecule has 1 atom stereocenters. The van der Waals surface area contributed by atoms with Gasteiger partial charge in [-0.2, -0.15) is 0 Å². The number of nitrogens with one attached hydrogen (secondary N) is 1. The smallest absolute Gasteiger partial charge is 0.0994 e. The van der Waals surface area contributed by atoms with Crippen LogP contribution in [-0.2, 0) is 5.60 Å². The summed E-state index contributed by atoms with van der Waals surface area (Å²) >= 11 is 0. The summed E-state index contributed by atoms with van der Waals surface area (Å²) in [6.45, 7) is 2.48. The van der Waals surface area contributed by atoms with Crippen molar-refractivity contribution in [2.75, 3.05) is 13.6 Å². The van der Waals surface area contributed by atoms with Crippen molar-refractivity contribution in [3.8, 4) is 0 Å². The van der Waals surface area contributed by atoms with Gasteiger partial charge < -0.3 is 10.4 Å². The summed E-state index contributed by atoms with van der Waals surface area (Å²) in [4.78, 5) is 0. The van der Waals surface area contributed by atoms with Crippen molar-refractivity contribution in [2.45, 2.75) is 37.7 Å². The normalized spacial score (nSPS) is 20.2. The van der Waals surface area contributed by atoms with E-state index >= 15 is 0 Å². The summed E-state index contributed by atoms with van der Waals surface area (Å²) < 4.78 is 0. The molecule has 1 aliphatic carbocycles. The molecule has 2 rings (SSSR count). The second-order valence-electron chi connectivity index (χ2n) is 5.02. The predicted molar refractivity (Wildman–Crippen MR) is 66.5 cm³/mol. The molecule has 0 radical (unpaired) electrons. The fourth-order valence-corrected chi connectivity index (χ4v) is 2.50. The lowest BCUT2D eigenvalue weighted by molar-refractivity contribution is 0.0573. The van der Waals surface area contributed by atoms with Gasteiger partial charge in [0.05, 0.1) is 5.60 Å². The van der Waals surface area contributed by atoms with Crippen LogP contribution in [0, 0.1) is 0 Å². The SMILES string of the molecule is CNCC(C)(O)c1ccccc1C1CCC1. The first-order valence-electron chi connectivity index (χ1n) is 6.11. The summed E-state index contributed by atoms with van der Waals surface area (Å²) in [5.74, 6) is 0.666. The summed E-state index contributed by atoms with van der Waals surface area (Å²) in [5, 5.41) is 13.5. The van der Waals surface area contributed by atoms with E-state index in [0.717, 1.165) is 5.56 Å². The maximum absolute atomic E-state index is 10.5. The molecular formula is C14H21NO. The number of aliphatic hydroxyl groups is 1. The van der Waals surface area contributed by atoms with Crippen LogP contribution in [0.1, 0.15) is 43.2 Å². The Morgan fingerprint density at radius 2 is 2.06 bits per heavy atom. The fraction of sp³-hybridized carbons (Fsp3) is 0.571. The van der Waals surface area contributed by atoms with Gasteiger partial charge in [0.1, 0.15) is 0 Å². The third-order valence-electron chi connectivity index (χ3n) is 3.61. The van der Waals surface area contributed by atoms with Crippen molar-refractivity contribution in [3.63, 3.8) is 0 Å². The van der Waals surface area contributed by atoms with Crippen LogP contribution in [0.3, 0.4) is 0 Å². The molecule has 1 unspecified atom stereocenters. The number of hydrogen-bond acceptors (Lipinski definition) is 2. The Balaban J connectivity index is 2.31. The Labute approximate surface area is 97.7 Å². The lowest BCUT2D eigenvalue weighted by Gasteiger charge is -2.33.